The van der Waals surface area contributed by atoms with Crippen LogP contribution in [-0.2, 0) is 72.0 Å². The number of aromatic amines is 1. The van der Waals surface area contributed by atoms with Crippen molar-refractivity contribution in [3.8, 4) is 16.9 Å². The highest BCUT2D eigenvalue weighted by Gasteiger charge is 2.37. The van der Waals surface area contributed by atoms with Gasteiger partial charge in [0.1, 0.15) is 48.0 Å². The van der Waals surface area contributed by atoms with Crippen LogP contribution in [-0.4, -0.2) is 148 Å². The number of aromatic nitrogens is 1. The molecule has 0 saturated heterocycles. The first-order valence-electron chi connectivity index (χ1n) is 29.6. The van der Waals surface area contributed by atoms with E-state index in [2.05, 4.69) is 47.5 Å². The van der Waals surface area contributed by atoms with Gasteiger partial charge in [-0.25, -0.2) is 4.79 Å². The summed E-state index contributed by atoms with van der Waals surface area (Å²) >= 11 is 0. The second-order valence-electron chi connectivity index (χ2n) is 22.4. The maximum atomic E-state index is 15.0. The fourth-order valence-electron chi connectivity index (χ4n) is 9.68. The monoisotopic (exact) mass is 1230 g/mol. The summed E-state index contributed by atoms with van der Waals surface area (Å²) in [5.41, 5.74) is 15.6. The number of carbonyl (C=O) groups excluding carboxylic acids is 9. The number of para-hydroxylation sites is 1. The van der Waals surface area contributed by atoms with E-state index in [0.717, 1.165) is 11.1 Å². The number of carboxylic acid groups (broad SMARTS) is 2. The molecule has 0 saturated carbocycles. The number of ketones is 1. The molecule has 1 aromatic heterocycles. The molecule has 478 valence electrons. The van der Waals surface area contributed by atoms with Gasteiger partial charge in [-0.05, 0) is 90.6 Å². The second kappa shape index (κ2) is 34.7. The summed E-state index contributed by atoms with van der Waals surface area (Å²) < 4.78 is 5.22. The molecule has 0 aliphatic rings. The molecule has 8 amide bonds. The molecule has 5 aromatic rings. The van der Waals surface area contributed by atoms with E-state index < -0.39 is 126 Å². The van der Waals surface area contributed by atoms with Crippen LogP contribution in [0.25, 0.3) is 22.0 Å². The Balaban J connectivity index is 1.48. The number of carbonyl (C=O) groups is 11. The maximum absolute atomic E-state index is 15.0. The van der Waals surface area contributed by atoms with Crippen molar-refractivity contribution in [3.63, 3.8) is 0 Å². The maximum Gasteiger partial charge on any atom is 0.341 e. The molecule has 1 heterocycles. The van der Waals surface area contributed by atoms with Crippen molar-refractivity contribution in [2.75, 3.05) is 19.7 Å². The number of nitrogens with one attached hydrogen (secondary N) is 9. The molecular formula is C64H83N11O14. The SMILES string of the molecule is CCC(=O)N[C@@H](CN)C(=O)N[C@@H](Cc1ccc(OCC(=O)O)cc1)C(=O)N[C@@H](CC(=O)O)C(=O)N[C@@H](Cc1c[nH]c2ccccc12)C(=O)N[C@@H](CC(C)C)C(=O)N[C@@H](Cc1ccc(-c2ccccc2)cc1)C(=O)N[C@H](C(=O)N[C@@H](CCCN)C(C)=O)C(C)C. The van der Waals surface area contributed by atoms with Crippen LogP contribution in [0.5, 0.6) is 5.75 Å². The zero-order valence-electron chi connectivity index (χ0n) is 50.9. The number of benzene rings is 4. The van der Waals surface area contributed by atoms with E-state index in [0.29, 0.717) is 34.0 Å². The second-order valence-corrected chi connectivity index (χ2v) is 22.4. The van der Waals surface area contributed by atoms with Gasteiger partial charge in [-0.15, -0.1) is 0 Å². The van der Waals surface area contributed by atoms with Gasteiger partial charge in [-0.1, -0.05) is 120 Å². The van der Waals surface area contributed by atoms with Crippen LogP contribution in [0, 0.1) is 11.8 Å². The van der Waals surface area contributed by atoms with Crippen molar-refractivity contribution in [2.45, 2.75) is 141 Å². The number of fused-ring (bicyclic) bond motifs is 1. The van der Waals surface area contributed by atoms with Crippen molar-refractivity contribution >= 4 is 75.9 Å². The lowest BCUT2D eigenvalue weighted by Gasteiger charge is -2.29. The first-order valence-corrected chi connectivity index (χ1v) is 29.6. The number of H-pyrrole nitrogens is 1. The minimum atomic E-state index is -1.92. The molecule has 8 atom stereocenters. The Morgan fingerprint density at radius 3 is 1.56 bits per heavy atom. The molecule has 25 heteroatoms. The van der Waals surface area contributed by atoms with Gasteiger partial charge in [0.15, 0.2) is 12.4 Å². The van der Waals surface area contributed by atoms with E-state index in [-0.39, 0.29) is 69.1 Å². The van der Waals surface area contributed by atoms with Crippen molar-refractivity contribution in [2.24, 2.45) is 23.3 Å². The van der Waals surface area contributed by atoms with Gasteiger partial charge in [0.2, 0.25) is 47.3 Å². The molecular weight excluding hydrogens is 1150 g/mol. The van der Waals surface area contributed by atoms with Gasteiger partial charge in [0, 0.05) is 49.3 Å². The number of hydrogen-bond donors (Lipinski definition) is 13. The summed E-state index contributed by atoms with van der Waals surface area (Å²) in [6, 6.07) is 18.6. The third-order valence-corrected chi connectivity index (χ3v) is 14.5. The number of rotatable bonds is 36. The van der Waals surface area contributed by atoms with Gasteiger partial charge in [0.05, 0.1) is 12.5 Å². The van der Waals surface area contributed by atoms with E-state index in [4.69, 9.17) is 21.3 Å². The highest BCUT2D eigenvalue weighted by Crippen LogP contribution is 2.22. The molecule has 0 spiro atoms. The summed E-state index contributed by atoms with van der Waals surface area (Å²) in [5, 5.41) is 41.1. The average Bonchev–Trinajstić information content (AvgIpc) is 3.41. The van der Waals surface area contributed by atoms with Gasteiger partial charge < -0.3 is 73.9 Å². The molecule has 0 aliphatic heterocycles. The van der Waals surface area contributed by atoms with Gasteiger partial charge in [-0.2, -0.15) is 0 Å². The van der Waals surface area contributed by atoms with E-state index in [1.54, 1.807) is 77.2 Å². The Morgan fingerprint density at radius 2 is 1.02 bits per heavy atom. The van der Waals surface area contributed by atoms with Crippen LogP contribution >= 0.6 is 0 Å². The highest BCUT2D eigenvalue weighted by atomic mass is 16.5. The smallest absolute Gasteiger partial charge is 0.341 e. The minimum Gasteiger partial charge on any atom is -0.482 e. The number of hydrogen-bond acceptors (Lipinski definition) is 14. The Morgan fingerprint density at radius 1 is 0.528 bits per heavy atom. The molecule has 0 unspecified atom stereocenters. The minimum absolute atomic E-state index is 0.00440. The number of carboxylic acids is 2. The van der Waals surface area contributed by atoms with Gasteiger partial charge >= 0.3 is 11.9 Å². The topological polar surface area (TPSA) is 402 Å². The van der Waals surface area contributed by atoms with Crippen LogP contribution < -0.4 is 58.7 Å². The van der Waals surface area contributed by atoms with Crippen LogP contribution in [0.3, 0.4) is 0 Å². The number of amides is 8. The number of ether oxygens (including phenoxy) is 1. The third-order valence-electron chi connectivity index (χ3n) is 14.5. The van der Waals surface area contributed by atoms with Crippen molar-refractivity contribution < 1.29 is 67.7 Å². The summed E-state index contributed by atoms with van der Waals surface area (Å²) in [7, 11) is 0. The lowest BCUT2D eigenvalue weighted by atomic mass is 9.97. The normalized spacial score (nSPS) is 13.9. The first kappa shape index (κ1) is 70.3. The predicted octanol–water partition coefficient (Wildman–Crippen LogP) is 2.08. The highest BCUT2D eigenvalue weighted by molar-refractivity contribution is 5.99. The first-order chi connectivity index (χ1) is 42.4. The van der Waals surface area contributed by atoms with Gasteiger partial charge in [-0.3, -0.25) is 47.9 Å². The molecule has 0 fully saturated rings. The summed E-state index contributed by atoms with van der Waals surface area (Å²) in [6.07, 6.45) is 0.661. The predicted molar refractivity (Wildman–Crippen MR) is 331 cm³/mol. The lowest BCUT2D eigenvalue weighted by molar-refractivity contribution is -0.141. The Bertz CT molecular complexity index is 3240. The molecule has 0 radical (unpaired) electrons. The standard InChI is InChI=1S/C64H83N11O14/c1-7-54(77)68-53(33-66)63(87)72-49(30-40-21-25-44(26-22-40)89-35-56(80)81)59(83)74-52(32-55(78)79)61(85)73-51(31-43-34-67-47-17-12-11-16-45(43)47)60(84)70-48(28-36(2)3)58(82)71-50(29-39-19-23-42(24-20-39)41-14-9-8-10-15-41)62(86)75-57(37(4)5)64(88)69-46(38(6)76)18-13-27-65/h8-12,14-17,19-26,34,36-37,46,48-53,57,67H,7,13,18,27-33,35,65-66H2,1-6H3,(H,68,77)(H,69,88)(H,70,84)(H,71,82)(H,72,87)(H,73,85)(H,74,83)(H,75,86)(H,78,79)(H,80,81)/t46-,48-,49-,50-,51-,52-,53-,57-/m0/s1. The number of aliphatic carboxylic acids is 2. The molecule has 25 nitrogen and oxygen atoms in total. The molecule has 0 aliphatic carbocycles. The third kappa shape index (κ3) is 22.3. The molecule has 5 rings (SSSR count). The van der Waals surface area contributed by atoms with E-state index in [9.17, 15) is 57.8 Å². The van der Waals surface area contributed by atoms with Crippen LogP contribution in [0.15, 0.2) is 109 Å². The summed E-state index contributed by atoms with van der Waals surface area (Å²) in [4.78, 5) is 153. The van der Waals surface area contributed by atoms with Crippen molar-refractivity contribution in [3.05, 3.63) is 126 Å². The van der Waals surface area contributed by atoms with E-state index >= 15 is 0 Å². The lowest BCUT2D eigenvalue weighted by Crippen LogP contribution is -2.61. The van der Waals surface area contributed by atoms with Crippen LogP contribution in [0.1, 0.15) is 90.3 Å². The molecule has 15 N–H and O–H groups in total. The summed E-state index contributed by atoms with van der Waals surface area (Å²) in [6.45, 7) is 9.15. The Labute approximate surface area is 516 Å². The number of nitrogens with two attached hydrogens (primary N) is 2. The largest absolute Gasteiger partial charge is 0.482 e. The summed E-state index contributed by atoms with van der Waals surface area (Å²) in [5.74, 6) is -10.4. The van der Waals surface area contributed by atoms with Crippen molar-refractivity contribution in [1.29, 1.82) is 0 Å². The van der Waals surface area contributed by atoms with E-state index in [1.165, 1.54) is 31.2 Å². The van der Waals surface area contributed by atoms with Gasteiger partial charge in [0.25, 0.3) is 0 Å². The Hall–Kier alpha value is -9.49. The van der Waals surface area contributed by atoms with E-state index in [1.807, 2.05) is 42.5 Å². The molecule has 4 aromatic carbocycles. The molecule has 0 bridgehead atoms. The fraction of sp³-hybridized carbons (Fsp3) is 0.422. The zero-order valence-corrected chi connectivity index (χ0v) is 50.9. The number of Topliss-reactive ketones (excluding diaryl/α,β-unsaturated/α-hetero) is 1. The molecule has 89 heavy (non-hydrogen) atoms. The zero-order chi connectivity index (χ0) is 65.3. The Kier molecular flexibility index (Phi) is 27.4. The quantitative estimate of drug-likeness (QED) is 0.0273. The van der Waals surface area contributed by atoms with Crippen LogP contribution in [0.4, 0.5) is 0 Å². The average molecular weight is 1230 g/mol. The van der Waals surface area contributed by atoms with Crippen LogP contribution in [0.2, 0.25) is 0 Å². The van der Waals surface area contributed by atoms with Crippen molar-refractivity contribution in [1.82, 2.24) is 47.5 Å². The fourth-order valence-corrected chi connectivity index (χ4v) is 9.68.